The van der Waals surface area contributed by atoms with Crippen molar-refractivity contribution >= 4 is 23.1 Å². The normalized spacial score (nSPS) is 14.7. The van der Waals surface area contributed by atoms with E-state index in [1.807, 2.05) is 56.3 Å². The fourth-order valence-electron chi connectivity index (χ4n) is 4.10. The number of hydrogen-bond donors (Lipinski definition) is 1. The molecule has 3 aromatic rings. The average molecular weight is 456 g/mol. The first-order chi connectivity index (χ1) is 16.5. The Morgan fingerprint density at radius 3 is 2.50 bits per heavy atom. The van der Waals surface area contributed by atoms with Crippen molar-refractivity contribution in [2.75, 3.05) is 19.2 Å². The van der Waals surface area contributed by atoms with Crippen LogP contribution in [-0.4, -0.2) is 30.6 Å². The van der Waals surface area contributed by atoms with Crippen LogP contribution in [0, 0.1) is 13.8 Å². The monoisotopic (exact) mass is 456 g/mol. The van der Waals surface area contributed by atoms with Gasteiger partial charge in [-0.25, -0.2) is 0 Å². The van der Waals surface area contributed by atoms with Gasteiger partial charge in [0.2, 0.25) is 6.79 Å². The predicted octanol–water partition coefficient (Wildman–Crippen LogP) is 4.43. The molecular weight excluding hydrogens is 432 g/mol. The van der Waals surface area contributed by atoms with Crippen LogP contribution >= 0.6 is 0 Å². The molecule has 7 nitrogen and oxygen atoms in total. The van der Waals surface area contributed by atoms with Crippen LogP contribution in [0.4, 0.5) is 5.69 Å². The van der Waals surface area contributed by atoms with Crippen LogP contribution < -0.4 is 19.5 Å². The second-order valence-electron chi connectivity index (χ2n) is 8.26. The Morgan fingerprint density at radius 1 is 0.912 bits per heavy atom. The summed E-state index contributed by atoms with van der Waals surface area (Å²) >= 11 is 0. The summed E-state index contributed by atoms with van der Waals surface area (Å²) in [6.07, 6.45) is 0. The third kappa shape index (κ3) is 3.75. The lowest BCUT2D eigenvalue weighted by atomic mass is 9.99. The zero-order valence-corrected chi connectivity index (χ0v) is 19.2. The van der Waals surface area contributed by atoms with E-state index in [1.165, 1.54) is 4.90 Å². The van der Waals surface area contributed by atoms with Gasteiger partial charge in [-0.1, -0.05) is 36.4 Å². The van der Waals surface area contributed by atoms with E-state index in [-0.39, 0.29) is 24.9 Å². The van der Waals surface area contributed by atoms with E-state index < -0.39 is 5.91 Å². The van der Waals surface area contributed by atoms with Crippen LogP contribution in [0.3, 0.4) is 0 Å². The molecule has 0 saturated carbocycles. The number of fused-ring (bicyclic) bond motifs is 1. The van der Waals surface area contributed by atoms with Gasteiger partial charge in [0.25, 0.3) is 11.8 Å². The largest absolute Gasteiger partial charge is 0.495 e. The van der Waals surface area contributed by atoms with Crippen molar-refractivity contribution in [3.63, 3.8) is 0 Å². The van der Waals surface area contributed by atoms with Crippen LogP contribution in [0.25, 0.3) is 5.57 Å². The molecule has 5 rings (SSSR count). The summed E-state index contributed by atoms with van der Waals surface area (Å²) in [6, 6.07) is 18.5. The van der Waals surface area contributed by atoms with Gasteiger partial charge in [0.15, 0.2) is 11.5 Å². The number of benzene rings is 3. The van der Waals surface area contributed by atoms with E-state index in [4.69, 9.17) is 14.2 Å². The molecule has 7 heteroatoms. The lowest BCUT2D eigenvalue weighted by Crippen LogP contribution is -2.32. The SMILES string of the molecule is COc1ccccc1NC1=C(c2ccc(C)c(C)c2)C(=O)N(Cc2ccc3c(c2)OCO3)C1=O. The number of carbonyl (C=O) groups is 2. The summed E-state index contributed by atoms with van der Waals surface area (Å²) in [5, 5.41) is 3.18. The number of amides is 2. The lowest BCUT2D eigenvalue weighted by molar-refractivity contribution is -0.137. The number of aryl methyl sites for hydroxylation is 2. The maximum absolute atomic E-state index is 13.6. The molecule has 34 heavy (non-hydrogen) atoms. The second kappa shape index (κ2) is 8.59. The van der Waals surface area contributed by atoms with E-state index in [1.54, 1.807) is 25.3 Å². The van der Waals surface area contributed by atoms with Crippen molar-refractivity contribution in [3.05, 3.63) is 88.6 Å². The van der Waals surface area contributed by atoms with Crippen molar-refractivity contribution in [2.45, 2.75) is 20.4 Å². The summed E-state index contributed by atoms with van der Waals surface area (Å²) in [4.78, 5) is 28.5. The van der Waals surface area contributed by atoms with Crippen LogP contribution in [0.15, 0.2) is 66.4 Å². The molecule has 1 N–H and O–H groups in total. The van der Waals surface area contributed by atoms with E-state index in [9.17, 15) is 9.59 Å². The number of carbonyl (C=O) groups excluding carboxylic acids is 2. The van der Waals surface area contributed by atoms with Crippen LogP contribution in [0.2, 0.25) is 0 Å². The number of ether oxygens (including phenoxy) is 3. The fourth-order valence-corrected chi connectivity index (χ4v) is 4.10. The highest BCUT2D eigenvalue weighted by Gasteiger charge is 2.39. The number of rotatable bonds is 6. The second-order valence-corrected chi connectivity index (χ2v) is 8.26. The van der Waals surface area contributed by atoms with Gasteiger partial charge in [-0.2, -0.15) is 0 Å². The Morgan fingerprint density at radius 2 is 1.71 bits per heavy atom. The zero-order chi connectivity index (χ0) is 23.8. The first-order valence-electron chi connectivity index (χ1n) is 10.9. The highest BCUT2D eigenvalue weighted by atomic mass is 16.7. The maximum Gasteiger partial charge on any atom is 0.278 e. The van der Waals surface area contributed by atoms with Gasteiger partial charge in [-0.15, -0.1) is 0 Å². The summed E-state index contributed by atoms with van der Waals surface area (Å²) in [5.41, 5.74) is 4.76. The number of para-hydroxylation sites is 2. The Kier molecular flexibility index (Phi) is 5.45. The fraction of sp³-hybridized carbons (Fsp3) is 0.185. The molecule has 172 valence electrons. The number of anilines is 1. The topological polar surface area (TPSA) is 77.1 Å². The molecule has 0 saturated heterocycles. The van der Waals surface area contributed by atoms with Gasteiger partial charge < -0.3 is 19.5 Å². The molecule has 0 atom stereocenters. The average Bonchev–Trinajstić information content (AvgIpc) is 3.39. The Bertz CT molecular complexity index is 1340. The molecule has 0 unspecified atom stereocenters. The van der Waals surface area contributed by atoms with Gasteiger partial charge in [-0.05, 0) is 60.4 Å². The Labute approximate surface area is 197 Å². The van der Waals surface area contributed by atoms with Gasteiger partial charge >= 0.3 is 0 Å². The van der Waals surface area contributed by atoms with E-state index in [2.05, 4.69) is 5.32 Å². The Balaban J connectivity index is 1.55. The zero-order valence-electron chi connectivity index (χ0n) is 19.2. The minimum absolute atomic E-state index is 0.111. The van der Waals surface area contributed by atoms with Gasteiger partial charge in [-0.3, -0.25) is 14.5 Å². The smallest absolute Gasteiger partial charge is 0.278 e. The summed E-state index contributed by atoms with van der Waals surface area (Å²) in [7, 11) is 1.56. The highest BCUT2D eigenvalue weighted by Crippen LogP contribution is 2.36. The maximum atomic E-state index is 13.6. The number of hydrogen-bond acceptors (Lipinski definition) is 6. The molecule has 3 aromatic carbocycles. The molecule has 2 aliphatic heterocycles. The first-order valence-corrected chi connectivity index (χ1v) is 10.9. The van der Waals surface area contributed by atoms with Gasteiger partial charge in [0, 0.05) is 0 Å². The van der Waals surface area contributed by atoms with Gasteiger partial charge in [0.05, 0.1) is 24.9 Å². The summed E-state index contributed by atoms with van der Waals surface area (Å²) in [5.74, 6) is 1.07. The molecule has 0 aromatic heterocycles. The van der Waals surface area contributed by atoms with Gasteiger partial charge in [0.1, 0.15) is 11.4 Å². The van der Waals surface area contributed by atoms with Crippen LogP contribution in [-0.2, 0) is 16.1 Å². The minimum Gasteiger partial charge on any atom is -0.495 e. The standard InChI is InChI=1S/C27H24N2O5/c1-16-8-10-19(12-17(16)2)24-25(28-20-6-4-5-7-21(20)32-3)27(31)29(26(24)30)14-18-9-11-22-23(13-18)34-15-33-22/h4-13,28H,14-15H2,1-3H3. The minimum atomic E-state index is -0.401. The molecule has 0 radical (unpaired) electrons. The third-order valence-corrected chi connectivity index (χ3v) is 6.11. The molecule has 0 aliphatic carbocycles. The van der Waals surface area contributed by atoms with Crippen molar-refractivity contribution in [2.24, 2.45) is 0 Å². The predicted molar refractivity (Wildman–Crippen MR) is 128 cm³/mol. The molecule has 0 fully saturated rings. The van der Waals surface area contributed by atoms with Crippen LogP contribution in [0.5, 0.6) is 17.2 Å². The molecule has 2 aliphatic rings. The van der Waals surface area contributed by atoms with Crippen molar-refractivity contribution in [3.8, 4) is 17.2 Å². The van der Waals surface area contributed by atoms with Crippen molar-refractivity contribution in [1.29, 1.82) is 0 Å². The van der Waals surface area contributed by atoms with E-state index in [0.29, 0.717) is 34.1 Å². The number of nitrogens with zero attached hydrogens (tertiary/aromatic N) is 1. The summed E-state index contributed by atoms with van der Waals surface area (Å²) < 4.78 is 16.3. The van der Waals surface area contributed by atoms with Crippen molar-refractivity contribution in [1.82, 2.24) is 4.90 Å². The molecule has 0 bridgehead atoms. The van der Waals surface area contributed by atoms with E-state index >= 15 is 0 Å². The molecule has 2 heterocycles. The lowest BCUT2D eigenvalue weighted by Gasteiger charge is -2.16. The highest BCUT2D eigenvalue weighted by molar-refractivity contribution is 6.36. The molecule has 2 amide bonds. The number of methoxy groups -OCH3 is 1. The summed E-state index contributed by atoms with van der Waals surface area (Å²) in [6.45, 7) is 4.26. The van der Waals surface area contributed by atoms with Crippen LogP contribution in [0.1, 0.15) is 22.3 Å². The van der Waals surface area contributed by atoms with Crippen molar-refractivity contribution < 1.29 is 23.8 Å². The third-order valence-electron chi connectivity index (χ3n) is 6.11. The number of imide groups is 1. The first kappa shape index (κ1) is 21.6. The Hall–Kier alpha value is -4.26. The molecular formula is C27H24N2O5. The quantitative estimate of drug-likeness (QED) is 0.553. The molecule has 0 spiro atoms. The van der Waals surface area contributed by atoms with E-state index in [0.717, 1.165) is 16.7 Å². The number of nitrogens with one attached hydrogen (secondary N) is 1.